The van der Waals surface area contributed by atoms with E-state index in [1.54, 1.807) is 19.3 Å². The maximum absolute atomic E-state index is 14.8. The lowest BCUT2D eigenvalue weighted by Crippen LogP contribution is -2.51. The van der Waals surface area contributed by atoms with Gasteiger partial charge in [-0.25, -0.2) is 9.38 Å². The molecule has 2 radical (unpaired) electrons. The zero-order chi connectivity index (χ0) is 29.4. The average Bonchev–Trinajstić information content (AvgIpc) is 3.01. The third kappa shape index (κ3) is 5.38. The van der Waals surface area contributed by atoms with Gasteiger partial charge in [0.15, 0.2) is 5.43 Å². The van der Waals surface area contributed by atoms with Crippen LogP contribution in [-0.4, -0.2) is 90.2 Å². The Morgan fingerprint density at radius 3 is 2.95 bits per heavy atom. The second-order valence-corrected chi connectivity index (χ2v) is 11.1. The van der Waals surface area contributed by atoms with Gasteiger partial charge >= 0.3 is 0 Å². The monoisotopic (exact) mass is 569 g/mol. The number of hydrogen-bond acceptors (Lipinski definition) is 8. The number of amidine groups is 1. The molecule has 1 atom stereocenters. The van der Waals surface area contributed by atoms with Gasteiger partial charge < -0.3 is 24.4 Å². The molecule has 3 aliphatic heterocycles. The molecule has 3 aromatic rings. The Morgan fingerprint density at radius 2 is 2.14 bits per heavy atom. The van der Waals surface area contributed by atoms with Crippen molar-refractivity contribution >= 4 is 36.0 Å². The lowest BCUT2D eigenvalue weighted by atomic mass is 9.91. The Bertz CT molecular complexity index is 1660. The molecule has 12 heteroatoms. The van der Waals surface area contributed by atoms with Gasteiger partial charge in [-0.05, 0) is 42.1 Å². The van der Waals surface area contributed by atoms with Crippen LogP contribution < -0.4 is 20.9 Å². The number of likely N-dealkylation sites (N-methyl/N-ethyl adjacent to an activating group) is 1. The van der Waals surface area contributed by atoms with Crippen LogP contribution in [0.1, 0.15) is 34.5 Å². The molecule has 5 heterocycles. The topological polar surface area (TPSA) is 95.3 Å². The SMILES string of the molecule is [B]c1c(F)cc2c(=O)c(CN(Cc3ccnc(C(=O)NC)c3)C3CCCN(C4=NC=CN(C)C4)C3)cn3c2c1OCC3. The third-order valence-corrected chi connectivity index (χ3v) is 8.21. The van der Waals surface area contributed by atoms with Crippen molar-refractivity contribution in [2.45, 2.75) is 38.5 Å². The van der Waals surface area contributed by atoms with Crippen molar-refractivity contribution < 1.29 is 13.9 Å². The quantitative estimate of drug-likeness (QED) is 0.449. The molecule has 1 saturated heterocycles. The van der Waals surface area contributed by atoms with Crippen molar-refractivity contribution in [1.29, 1.82) is 0 Å². The molecule has 1 N–H and O–H groups in total. The molecule has 3 aliphatic rings. The zero-order valence-corrected chi connectivity index (χ0v) is 23.8. The van der Waals surface area contributed by atoms with Crippen LogP contribution in [0.4, 0.5) is 4.39 Å². The Hall–Kier alpha value is -4.19. The van der Waals surface area contributed by atoms with E-state index < -0.39 is 5.82 Å². The van der Waals surface area contributed by atoms with Crippen molar-refractivity contribution in [3.8, 4) is 5.75 Å². The van der Waals surface area contributed by atoms with E-state index in [1.165, 1.54) is 6.07 Å². The molecule has 0 bridgehead atoms. The van der Waals surface area contributed by atoms with Gasteiger partial charge in [0.1, 0.15) is 37.5 Å². The Morgan fingerprint density at radius 1 is 1.29 bits per heavy atom. The maximum atomic E-state index is 14.8. The van der Waals surface area contributed by atoms with Gasteiger partial charge in [-0.15, -0.1) is 0 Å². The molecular weight excluding hydrogens is 536 g/mol. The fourth-order valence-electron chi connectivity index (χ4n) is 6.07. The minimum Gasteiger partial charge on any atom is -0.490 e. The number of benzene rings is 1. The fourth-order valence-corrected chi connectivity index (χ4v) is 6.07. The van der Waals surface area contributed by atoms with E-state index in [0.717, 1.165) is 43.9 Å². The number of pyridine rings is 2. The number of carbonyl (C=O) groups excluding carboxylic acids is 1. The van der Waals surface area contributed by atoms with Gasteiger partial charge in [0, 0.05) is 76.7 Å². The fraction of sp³-hybridized carbons (Fsp3) is 0.400. The summed E-state index contributed by atoms with van der Waals surface area (Å²) in [5, 5.41) is 2.89. The number of halogens is 1. The molecule has 1 fully saturated rings. The number of rotatable bonds is 6. The molecule has 1 amide bonds. The summed E-state index contributed by atoms with van der Waals surface area (Å²) >= 11 is 0. The van der Waals surface area contributed by atoms with Crippen LogP contribution in [-0.2, 0) is 19.6 Å². The molecule has 0 spiro atoms. The van der Waals surface area contributed by atoms with E-state index in [4.69, 9.17) is 12.6 Å². The first-order chi connectivity index (χ1) is 20.3. The van der Waals surface area contributed by atoms with Crippen LogP contribution in [0.2, 0.25) is 0 Å². The minimum absolute atomic E-state index is 0.0808. The van der Waals surface area contributed by atoms with E-state index in [0.29, 0.717) is 43.0 Å². The number of nitrogens with one attached hydrogen (secondary N) is 1. The lowest BCUT2D eigenvalue weighted by molar-refractivity contribution is 0.0957. The van der Waals surface area contributed by atoms with E-state index in [1.807, 2.05) is 36.3 Å². The molecule has 42 heavy (non-hydrogen) atoms. The maximum Gasteiger partial charge on any atom is 0.269 e. The van der Waals surface area contributed by atoms with Gasteiger partial charge in [-0.3, -0.25) is 19.5 Å². The van der Waals surface area contributed by atoms with Crippen molar-refractivity contribution in [3.05, 3.63) is 75.9 Å². The number of aromatic nitrogens is 2. The summed E-state index contributed by atoms with van der Waals surface area (Å²) in [6.07, 6.45) is 9.18. The van der Waals surface area contributed by atoms with Crippen molar-refractivity contribution in [1.82, 2.24) is 29.6 Å². The highest BCUT2D eigenvalue weighted by Gasteiger charge is 2.30. The molecular formula is C30H33BFN7O3. The lowest BCUT2D eigenvalue weighted by Gasteiger charge is -2.41. The molecule has 6 rings (SSSR count). The Labute approximate surface area is 244 Å². The predicted octanol–water partition coefficient (Wildman–Crippen LogP) is 1.36. The summed E-state index contributed by atoms with van der Waals surface area (Å²) in [5.74, 6) is 0.327. The number of nitrogens with zero attached hydrogens (tertiary/aromatic N) is 6. The van der Waals surface area contributed by atoms with Crippen LogP contribution in [0.3, 0.4) is 0 Å². The number of amides is 1. The highest BCUT2D eigenvalue weighted by atomic mass is 19.1. The first-order valence-corrected chi connectivity index (χ1v) is 14.2. The summed E-state index contributed by atoms with van der Waals surface area (Å²) < 4.78 is 22.4. The first kappa shape index (κ1) is 28.0. The molecule has 2 aromatic heterocycles. The summed E-state index contributed by atoms with van der Waals surface area (Å²) in [7, 11) is 9.56. The third-order valence-electron chi connectivity index (χ3n) is 8.21. The second-order valence-electron chi connectivity index (χ2n) is 11.1. The Balaban J connectivity index is 1.37. The van der Waals surface area contributed by atoms with Crippen molar-refractivity contribution in [3.63, 3.8) is 0 Å². The number of ether oxygens (including phenoxy) is 1. The van der Waals surface area contributed by atoms with Crippen molar-refractivity contribution in [2.75, 3.05) is 40.3 Å². The van der Waals surface area contributed by atoms with E-state index in [2.05, 4.69) is 30.0 Å². The number of aliphatic imine (C=N–C) groups is 1. The van der Waals surface area contributed by atoms with Gasteiger partial charge in [-0.2, -0.15) is 0 Å². The van der Waals surface area contributed by atoms with Gasteiger partial charge in [0.05, 0.1) is 24.0 Å². The van der Waals surface area contributed by atoms with E-state index in [-0.39, 0.29) is 34.0 Å². The predicted molar refractivity (Wildman–Crippen MR) is 160 cm³/mol. The highest BCUT2D eigenvalue weighted by Crippen LogP contribution is 2.28. The molecule has 216 valence electrons. The minimum atomic E-state index is -0.661. The van der Waals surface area contributed by atoms with Crippen LogP contribution >= 0.6 is 0 Å². The largest absolute Gasteiger partial charge is 0.490 e. The molecule has 1 aromatic carbocycles. The molecule has 10 nitrogen and oxygen atoms in total. The summed E-state index contributed by atoms with van der Waals surface area (Å²) in [6.45, 7) is 4.10. The van der Waals surface area contributed by atoms with Crippen LogP contribution in [0.5, 0.6) is 5.75 Å². The smallest absolute Gasteiger partial charge is 0.269 e. The number of hydrogen-bond donors (Lipinski definition) is 1. The summed E-state index contributed by atoms with van der Waals surface area (Å²) in [6, 6.07) is 5.01. The van der Waals surface area contributed by atoms with E-state index in [9.17, 15) is 14.0 Å². The Kier molecular flexibility index (Phi) is 7.72. The first-order valence-electron chi connectivity index (χ1n) is 14.2. The van der Waals surface area contributed by atoms with Crippen LogP contribution in [0, 0.1) is 5.82 Å². The van der Waals surface area contributed by atoms with Crippen LogP contribution in [0.25, 0.3) is 10.9 Å². The van der Waals surface area contributed by atoms with Gasteiger partial charge in [-0.1, -0.05) is 0 Å². The zero-order valence-electron chi connectivity index (χ0n) is 23.8. The number of carbonyl (C=O) groups is 1. The van der Waals surface area contributed by atoms with Crippen molar-refractivity contribution in [2.24, 2.45) is 4.99 Å². The van der Waals surface area contributed by atoms with Gasteiger partial charge in [0.25, 0.3) is 5.91 Å². The summed E-state index contributed by atoms with van der Waals surface area (Å²) in [4.78, 5) is 41.7. The normalized spacial score (nSPS) is 18.3. The number of likely N-dealkylation sites (tertiary alicyclic amines) is 1. The molecule has 1 unspecified atom stereocenters. The highest BCUT2D eigenvalue weighted by molar-refractivity contribution is 6.36. The standard InChI is InChI=1S/C30H33BFN7O3/c1-33-30(41)24-12-19(5-6-34-24)14-39(21-4-3-8-37(17-21)25-18-36(2)9-7-35-25)16-20-15-38-10-11-42-29-26(31)23(32)13-22(27(29)38)28(20)40/h5-7,9,12-13,15,21H,3-4,8,10-11,14,16-18H2,1-2H3,(H,33,41). The van der Waals surface area contributed by atoms with E-state index >= 15 is 0 Å². The number of piperidine rings is 1. The molecule has 0 aliphatic carbocycles. The second kappa shape index (κ2) is 11.6. The summed E-state index contributed by atoms with van der Waals surface area (Å²) in [5.41, 5.74) is 2.02. The van der Waals surface area contributed by atoms with Gasteiger partial charge in [0.2, 0.25) is 0 Å². The average molecular weight is 569 g/mol. The molecule has 0 saturated carbocycles. The van der Waals surface area contributed by atoms with Crippen LogP contribution in [0.15, 0.2) is 52.8 Å².